The van der Waals surface area contributed by atoms with E-state index in [1.807, 2.05) is 18.2 Å². The Kier molecular flexibility index (Phi) is 6.49. The number of ether oxygens (including phenoxy) is 2. The third-order valence-corrected chi connectivity index (χ3v) is 2.97. The number of unbranched alkanes of at least 4 members (excludes halogenated alkanes) is 2. The van der Waals surface area contributed by atoms with Gasteiger partial charge in [0.25, 0.3) is 0 Å². The summed E-state index contributed by atoms with van der Waals surface area (Å²) in [5, 5.41) is 9.20. The van der Waals surface area contributed by atoms with Gasteiger partial charge in [-0.1, -0.05) is 22.0 Å². The Morgan fingerprint density at radius 1 is 1.29 bits per heavy atom. The Labute approximate surface area is 110 Å². The third kappa shape index (κ3) is 4.66. The molecular weight excluding hydrogens is 282 g/mol. The second-order valence-corrected chi connectivity index (χ2v) is 4.14. The first-order valence-electron chi connectivity index (χ1n) is 5.54. The normalized spacial score (nSPS) is 9.71. The van der Waals surface area contributed by atoms with Crippen molar-refractivity contribution in [2.45, 2.75) is 24.6 Å². The molecule has 0 fully saturated rings. The second kappa shape index (κ2) is 7.97. The molecule has 0 atom stereocenters. The standard InChI is InChI=1S/C13H16BrNO2/c1-16-13-9-11(10-14)5-6-12(13)17-8-4-2-3-7-15/h5-6,9H,2-4,8,10H2,1H3. The molecule has 0 heterocycles. The summed E-state index contributed by atoms with van der Waals surface area (Å²) in [6, 6.07) is 7.99. The lowest BCUT2D eigenvalue weighted by Crippen LogP contribution is -1.99. The zero-order chi connectivity index (χ0) is 12.5. The highest BCUT2D eigenvalue weighted by Crippen LogP contribution is 2.28. The molecule has 1 aromatic carbocycles. The number of halogens is 1. The van der Waals surface area contributed by atoms with Crippen LogP contribution >= 0.6 is 15.9 Å². The SMILES string of the molecule is COc1cc(CBr)ccc1OCCCCC#N. The Morgan fingerprint density at radius 3 is 2.76 bits per heavy atom. The van der Waals surface area contributed by atoms with Crippen LogP contribution in [0.1, 0.15) is 24.8 Å². The number of nitrogens with zero attached hydrogens (tertiary/aromatic N) is 1. The third-order valence-electron chi connectivity index (χ3n) is 2.32. The van der Waals surface area contributed by atoms with E-state index in [2.05, 4.69) is 22.0 Å². The predicted molar refractivity (Wildman–Crippen MR) is 70.6 cm³/mol. The Morgan fingerprint density at radius 2 is 2.12 bits per heavy atom. The number of hydrogen-bond acceptors (Lipinski definition) is 3. The molecule has 0 N–H and O–H groups in total. The summed E-state index contributed by atoms with van der Waals surface area (Å²) in [5.41, 5.74) is 1.15. The highest BCUT2D eigenvalue weighted by atomic mass is 79.9. The van der Waals surface area contributed by atoms with Crippen molar-refractivity contribution in [2.24, 2.45) is 0 Å². The molecule has 0 amide bonds. The van der Waals surface area contributed by atoms with E-state index in [-0.39, 0.29) is 0 Å². The van der Waals surface area contributed by atoms with Gasteiger partial charge in [0, 0.05) is 11.8 Å². The molecule has 0 radical (unpaired) electrons. The van der Waals surface area contributed by atoms with Crippen LogP contribution in [0, 0.1) is 11.3 Å². The molecule has 3 nitrogen and oxygen atoms in total. The lowest BCUT2D eigenvalue weighted by atomic mass is 10.2. The molecule has 0 aliphatic heterocycles. The molecule has 0 bridgehead atoms. The lowest BCUT2D eigenvalue weighted by Gasteiger charge is -2.11. The van der Waals surface area contributed by atoms with E-state index in [0.717, 1.165) is 35.2 Å². The van der Waals surface area contributed by atoms with Gasteiger partial charge in [-0.05, 0) is 30.5 Å². The van der Waals surface area contributed by atoms with Crippen LogP contribution in [0.15, 0.2) is 18.2 Å². The monoisotopic (exact) mass is 297 g/mol. The molecule has 0 unspecified atom stereocenters. The predicted octanol–water partition coefficient (Wildman–Crippen LogP) is 3.66. The van der Waals surface area contributed by atoms with Crippen molar-refractivity contribution in [1.82, 2.24) is 0 Å². The zero-order valence-corrected chi connectivity index (χ0v) is 11.5. The van der Waals surface area contributed by atoms with E-state index in [9.17, 15) is 0 Å². The molecule has 4 heteroatoms. The molecule has 0 aliphatic carbocycles. The highest BCUT2D eigenvalue weighted by Gasteiger charge is 2.04. The summed E-state index contributed by atoms with van der Waals surface area (Å²) < 4.78 is 10.9. The molecule has 0 aromatic heterocycles. The van der Waals surface area contributed by atoms with Crippen molar-refractivity contribution in [2.75, 3.05) is 13.7 Å². The molecule has 0 saturated carbocycles. The van der Waals surface area contributed by atoms with E-state index in [1.165, 1.54) is 0 Å². The fourth-order valence-electron chi connectivity index (χ4n) is 1.40. The summed E-state index contributed by atoms with van der Waals surface area (Å²) in [5.74, 6) is 1.51. The van der Waals surface area contributed by atoms with E-state index < -0.39 is 0 Å². The average Bonchev–Trinajstić information content (AvgIpc) is 2.38. The van der Waals surface area contributed by atoms with Crippen molar-refractivity contribution < 1.29 is 9.47 Å². The molecule has 1 aromatic rings. The first-order chi connectivity index (χ1) is 8.31. The summed E-state index contributed by atoms with van der Waals surface area (Å²) in [4.78, 5) is 0. The van der Waals surface area contributed by atoms with Gasteiger partial charge < -0.3 is 9.47 Å². The number of rotatable bonds is 7. The summed E-state index contributed by atoms with van der Waals surface area (Å²) in [6.07, 6.45) is 2.35. The van der Waals surface area contributed by atoms with Crippen molar-refractivity contribution >= 4 is 15.9 Å². The number of benzene rings is 1. The fraction of sp³-hybridized carbons (Fsp3) is 0.462. The number of methoxy groups -OCH3 is 1. The van der Waals surface area contributed by atoms with Gasteiger partial charge in [-0.2, -0.15) is 5.26 Å². The van der Waals surface area contributed by atoms with Crippen molar-refractivity contribution in [3.63, 3.8) is 0 Å². The molecule has 0 saturated heterocycles. The van der Waals surface area contributed by atoms with Gasteiger partial charge >= 0.3 is 0 Å². The van der Waals surface area contributed by atoms with Crippen LogP contribution in [0.2, 0.25) is 0 Å². The maximum Gasteiger partial charge on any atom is 0.161 e. The molecule has 17 heavy (non-hydrogen) atoms. The molecule has 1 rings (SSSR count). The number of nitriles is 1. The molecule has 92 valence electrons. The van der Waals surface area contributed by atoms with Gasteiger partial charge in [0.05, 0.1) is 19.8 Å². The second-order valence-electron chi connectivity index (χ2n) is 3.58. The lowest BCUT2D eigenvalue weighted by molar-refractivity contribution is 0.287. The van der Waals surface area contributed by atoms with Crippen LogP contribution in [-0.2, 0) is 5.33 Å². The maximum absolute atomic E-state index is 8.41. The largest absolute Gasteiger partial charge is 0.493 e. The smallest absolute Gasteiger partial charge is 0.161 e. The van der Waals surface area contributed by atoms with Gasteiger partial charge in [-0.3, -0.25) is 0 Å². The minimum Gasteiger partial charge on any atom is -0.493 e. The van der Waals surface area contributed by atoms with Crippen LogP contribution in [0.4, 0.5) is 0 Å². The van der Waals surface area contributed by atoms with Crippen LogP contribution in [-0.4, -0.2) is 13.7 Å². The first-order valence-corrected chi connectivity index (χ1v) is 6.66. The van der Waals surface area contributed by atoms with Gasteiger partial charge in [-0.15, -0.1) is 0 Å². The van der Waals surface area contributed by atoms with Gasteiger partial charge in [0.2, 0.25) is 0 Å². The summed E-state index contributed by atoms with van der Waals surface area (Å²) in [7, 11) is 1.63. The van der Waals surface area contributed by atoms with Crippen LogP contribution in [0.3, 0.4) is 0 Å². The Balaban J connectivity index is 2.50. The number of hydrogen-bond donors (Lipinski definition) is 0. The molecular formula is C13H16BrNO2. The topological polar surface area (TPSA) is 42.2 Å². The molecule has 0 spiro atoms. The van der Waals surface area contributed by atoms with Gasteiger partial charge in [-0.25, -0.2) is 0 Å². The average molecular weight is 298 g/mol. The minimum atomic E-state index is 0.586. The van der Waals surface area contributed by atoms with Crippen molar-refractivity contribution in [3.05, 3.63) is 23.8 Å². The minimum absolute atomic E-state index is 0.586. The van der Waals surface area contributed by atoms with Crippen molar-refractivity contribution in [1.29, 1.82) is 5.26 Å². The maximum atomic E-state index is 8.41. The van der Waals surface area contributed by atoms with Crippen LogP contribution < -0.4 is 9.47 Å². The summed E-state index contributed by atoms with van der Waals surface area (Å²) >= 11 is 3.40. The van der Waals surface area contributed by atoms with Crippen LogP contribution in [0.25, 0.3) is 0 Å². The van der Waals surface area contributed by atoms with Gasteiger partial charge in [0.1, 0.15) is 0 Å². The van der Waals surface area contributed by atoms with E-state index >= 15 is 0 Å². The van der Waals surface area contributed by atoms with E-state index in [1.54, 1.807) is 7.11 Å². The zero-order valence-electron chi connectivity index (χ0n) is 9.91. The Hall–Kier alpha value is -1.21. The number of alkyl halides is 1. The highest BCUT2D eigenvalue weighted by molar-refractivity contribution is 9.08. The van der Waals surface area contributed by atoms with Crippen LogP contribution in [0.5, 0.6) is 11.5 Å². The van der Waals surface area contributed by atoms with E-state index in [4.69, 9.17) is 14.7 Å². The summed E-state index contributed by atoms with van der Waals surface area (Å²) in [6.45, 7) is 0.617. The molecule has 0 aliphatic rings. The fourth-order valence-corrected chi connectivity index (χ4v) is 1.75. The van der Waals surface area contributed by atoms with Gasteiger partial charge in [0.15, 0.2) is 11.5 Å². The van der Waals surface area contributed by atoms with Crippen molar-refractivity contribution in [3.8, 4) is 17.6 Å². The Bertz CT molecular complexity index is 387. The van der Waals surface area contributed by atoms with E-state index in [0.29, 0.717) is 13.0 Å². The first kappa shape index (κ1) is 13.9. The quantitative estimate of drug-likeness (QED) is 0.570.